The summed E-state index contributed by atoms with van der Waals surface area (Å²) in [6.45, 7) is 0.00166. The molecule has 0 aromatic heterocycles. The summed E-state index contributed by atoms with van der Waals surface area (Å²) in [5.41, 5.74) is 6.59. The van der Waals surface area contributed by atoms with Crippen molar-refractivity contribution in [2.24, 2.45) is 5.73 Å². The maximum absolute atomic E-state index is 12.7. The van der Waals surface area contributed by atoms with E-state index in [0.717, 1.165) is 17.8 Å². The highest BCUT2D eigenvalue weighted by Gasteiger charge is 2.31. The van der Waals surface area contributed by atoms with Crippen LogP contribution in [0.1, 0.15) is 11.1 Å². The molecule has 6 heteroatoms. The van der Waals surface area contributed by atoms with Crippen molar-refractivity contribution in [2.45, 2.75) is 12.7 Å². The first-order valence-electron chi connectivity index (χ1n) is 6.26. The fourth-order valence-corrected chi connectivity index (χ4v) is 2.07. The zero-order valence-electron chi connectivity index (χ0n) is 11.4. The van der Waals surface area contributed by atoms with Crippen molar-refractivity contribution in [2.75, 3.05) is 11.9 Å². The van der Waals surface area contributed by atoms with Crippen molar-refractivity contribution in [3.63, 3.8) is 0 Å². The first-order chi connectivity index (χ1) is 9.82. The molecular weight excluding hydrogens is 281 g/mol. The minimum Gasteiger partial charge on any atom is -0.508 e. The predicted molar refractivity (Wildman–Crippen MR) is 75.5 cm³/mol. The average molecular weight is 296 g/mol. The SMILES string of the molecule is CN(c1ccc(O)cc1)c1ccc(C(F)(F)F)cc1CN. The molecule has 0 atom stereocenters. The van der Waals surface area contributed by atoms with Gasteiger partial charge in [0.05, 0.1) is 5.56 Å². The standard InChI is InChI=1S/C15H15F3N2O/c1-20(12-3-5-13(21)6-4-12)14-7-2-11(15(16,17)18)8-10(14)9-19/h2-8,21H,9,19H2,1H3. The Balaban J connectivity index is 2.41. The highest BCUT2D eigenvalue weighted by Crippen LogP contribution is 2.34. The van der Waals surface area contributed by atoms with Gasteiger partial charge in [-0.05, 0) is 48.0 Å². The second kappa shape index (κ2) is 5.65. The molecule has 0 unspecified atom stereocenters. The Hall–Kier alpha value is -2.21. The van der Waals surface area contributed by atoms with Gasteiger partial charge in [-0.1, -0.05) is 0 Å². The highest BCUT2D eigenvalue weighted by molar-refractivity contribution is 5.66. The van der Waals surface area contributed by atoms with E-state index in [1.54, 1.807) is 24.1 Å². The van der Waals surface area contributed by atoms with Gasteiger partial charge in [-0.25, -0.2) is 0 Å². The molecule has 3 nitrogen and oxygen atoms in total. The zero-order chi connectivity index (χ0) is 15.6. The Morgan fingerprint density at radius 2 is 1.71 bits per heavy atom. The number of phenolic OH excluding ortho intramolecular Hbond substituents is 1. The van der Waals surface area contributed by atoms with Gasteiger partial charge in [0.15, 0.2) is 0 Å². The van der Waals surface area contributed by atoms with Crippen molar-refractivity contribution in [1.82, 2.24) is 0 Å². The number of aromatic hydroxyl groups is 1. The molecule has 3 N–H and O–H groups in total. The lowest BCUT2D eigenvalue weighted by Crippen LogP contribution is -2.15. The minimum atomic E-state index is -4.39. The molecule has 2 rings (SSSR count). The fourth-order valence-electron chi connectivity index (χ4n) is 2.07. The van der Waals surface area contributed by atoms with Gasteiger partial charge in [-0.3, -0.25) is 0 Å². The number of nitrogens with two attached hydrogens (primary N) is 1. The maximum atomic E-state index is 12.7. The summed E-state index contributed by atoms with van der Waals surface area (Å²) in [7, 11) is 1.73. The van der Waals surface area contributed by atoms with Crippen LogP contribution in [0.4, 0.5) is 24.5 Å². The normalized spacial score (nSPS) is 11.5. The van der Waals surface area contributed by atoms with E-state index in [1.807, 2.05) is 0 Å². The topological polar surface area (TPSA) is 49.5 Å². The predicted octanol–water partition coefficient (Wildman–Crippen LogP) is 3.64. The van der Waals surface area contributed by atoms with E-state index < -0.39 is 11.7 Å². The highest BCUT2D eigenvalue weighted by atomic mass is 19.4. The number of hydrogen-bond donors (Lipinski definition) is 2. The molecule has 0 aliphatic rings. The van der Waals surface area contributed by atoms with Crippen molar-refractivity contribution >= 4 is 11.4 Å². The minimum absolute atomic E-state index is 0.00166. The molecule has 21 heavy (non-hydrogen) atoms. The molecule has 112 valence electrons. The molecule has 0 fully saturated rings. The zero-order valence-corrected chi connectivity index (χ0v) is 11.4. The van der Waals surface area contributed by atoms with Crippen LogP contribution in [-0.4, -0.2) is 12.2 Å². The maximum Gasteiger partial charge on any atom is 0.416 e. The fraction of sp³-hybridized carbons (Fsp3) is 0.200. The molecule has 0 radical (unpaired) electrons. The third-order valence-corrected chi connectivity index (χ3v) is 3.23. The molecular formula is C15H15F3N2O. The first kappa shape index (κ1) is 15.2. The molecule has 0 aliphatic carbocycles. The quantitative estimate of drug-likeness (QED) is 0.909. The van der Waals surface area contributed by atoms with Gasteiger partial charge in [0.25, 0.3) is 0 Å². The van der Waals surface area contributed by atoms with Crippen LogP contribution in [0.3, 0.4) is 0 Å². The van der Waals surface area contributed by atoms with Crippen molar-refractivity contribution in [3.05, 3.63) is 53.6 Å². The number of nitrogens with zero attached hydrogens (tertiary/aromatic N) is 1. The van der Waals surface area contributed by atoms with E-state index in [4.69, 9.17) is 5.73 Å². The summed E-state index contributed by atoms with van der Waals surface area (Å²) in [5, 5.41) is 9.27. The molecule has 0 saturated heterocycles. The number of hydrogen-bond acceptors (Lipinski definition) is 3. The van der Waals surface area contributed by atoms with E-state index in [1.165, 1.54) is 18.2 Å². The van der Waals surface area contributed by atoms with Gasteiger partial charge in [0.2, 0.25) is 0 Å². The Kier molecular flexibility index (Phi) is 4.09. The van der Waals surface area contributed by atoms with Gasteiger partial charge >= 0.3 is 6.18 Å². The van der Waals surface area contributed by atoms with Gasteiger partial charge in [0, 0.05) is 25.0 Å². The monoisotopic (exact) mass is 296 g/mol. The lowest BCUT2D eigenvalue weighted by molar-refractivity contribution is -0.137. The summed E-state index contributed by atoms with van der Waals surface area (Å²) >= 11 is 0. The summed E-state index contributed by atoms with van der Waals surface area (Å²) in [4.78, 5) is 1.72. The first-order valence-corrected chi connectivity index (χ1v) is 6.26. The third-order valence-electron chi connectivity index (χ3n) is 3.23. The number of phenols is 1. The molecule has 0 amide bonds. The van der Waals surface area contributed by atoms with E-state index in [-0.39, 0.29) is 12.3 Å². The molecule has 0 spiro atoms. The van der Waals surface area contributed by atoms with E-state index >= 15 is 0 Å². The second-order valence-corrected chi connectivity index (χ2v) is 4.62. The summed E-state index contributed by atoms with van der Waals surface area (Å²) in [5.74, 6) is 0.124. The number of anilines is 2. The Bertz CT molecular complexity index is 624. The van der Waals surface area contributed by atoms with Crippen LogP contribution in [-0.2, 0) is 12.7 Å². The number of alkyl halides is 3. The Labute approximate surface area is 120 Å². The Morgan fingerprint density at radius 1 is 1.10 bits per heavy atom. The van der Waals surface area contributed by atoms with Crippen molar-refractivity contribution in [3.8, 4) is 5.75 Å². The lowest BCUT2D eigenvalue weighted by atomic mass is 10.1. The van der Waals surface area contributed by atoms with Crippen LogP contribution in [0, 0.1) is 0 Å². The van der Waals surface area contributed by atoms with E-state index in [0.29, 0.717) is 11.3 Å². The second-order valence-electron chi connectivity index (χ2n) is 4.62. The van der Waals surface area contributed by atoms with Crippen LogP contribution in [0.5, 0.6) is 5.75 Å². The number of rotatable bonds is 3. The van der Waals surface area contributed by atoms with Crippen LogP contribution in [0.15, 0.2) is 42.5 Å². The number of halogens is 3. The van der Waals surface area contributed by atoms with Crippen LogP contribution in [0.25, 0.3) is 0 Å². The van der Waals surface area contributed by atoms with Crippen molar-refractivity contribution < 1.29 is 18.3 Å². The summed E-state index contributed by atoms with van der Waals surface area (Å²) in [6, 6.07) is 9.87. The molecule has 2 aromatic carbocycles. The van der Waals surface area contributed by atoms with Gasteiger partial charge < -0.3 is 15.7 Å². The van der Waals surface area contributed by atoms with Gasteiger partial charge in [-0.15, -0.1) is 0 Å². The van der Waals surface area contributed by atoms with Crippen molar-refractivity contribution in [1.29, 1.82) is 0 Å². The third kappa shape index (κ3) is 3.28. The van der Waals surface area contributed by atoms with E-state index in [9.17, 15) is 18.3 Å². The molecule has 0 aliphatic heterocycles. The smallest absolute Gasteiger partial charge is 0.416 e. The molecule has 0 saturated carbocycles. The molecule has 0 bridgehead atoms. The van der Waals surface area contributed by atoms with Gasteiger partial charge in [0.1, 0.15) is 5.75 Å². The largest absolute Gasteiger partial charge is 0.508 e. The van der Waals surface area contributed by atoms with E-state index in [2.05, 4.69) is 0 Å². The lowest BCUT2D eigenvalue weighted by Gasteiger charge is -2.23. The van der Waals surface area contributed by atoms with Crippen LogP contribution >= 0.6 is 0 Å². The summed E-state index contributed by atoms with van der Waals surface area (Å²) in [6.07, 6.45) is -4.39. The Morgan fingerprint density at radius 3 is 2.24 bits per heavy atom. The van der Waals surface area contributed by atoms with Crippen LogP contribution < -0.4 is 10.6 Å². The molecule has 2 aromatic rings. The van der Waals surface area contributed by atoms with Crippen LogP contribution in [0.2, 0.25) is 0 Å². The molecule has 0 heterocycles. The number of benzene rings is 2. The summed E-state index contributed by atoms with van der Waals surface area (Å²) < 4.78 is 38.2. The van der Waals surface area contributed by atoms with Gasteiger partial charge in [-0.2, -0.15) is 13.2 Å². The average Bonchev–Trinajstić information content (AvgIpc) is 2.45.